The molecule has 0 saturated carbocycles. The molecule has 1 amide bonds. The van der Waals surface area contributed by atoms with Crippen LogP contribution >= 0.6 is 0 Å². The van der Waals surface area contributed by atoms with Crippen LogP contribution in [-0.4, -0.2) is 25.9 Å². The minimum atomic E-state index is -0.0281. The van der Waals surface area contributed by atoms with E-state index in [0.717, 1.165) is 45.4 Å². The molecule has 0 atom stereocenters. The average Bonchev–Trinajstić information content (AvgIpc) is 3.30. The normalized spacial score (nSPS) is 13.5. The quantitative estimate of drug-likeness (QED) is 0.593. The van der Waals surface area contributed by atoms with Gasteiger partial charge in [0.15, 0.2) is 23.0 Å². The summed E-state index contributed by atoms with van der Waals surface area (Å²) in [6.45, 7) is 2.53. The van der Waals surface area contributed by atoms with E-state index < -0.39 is 0 Å². The first-order valence-electron chi connectivity index (χ1n) is 10.6. The lowest BCUT2D eigenvalue weighted by Gasteiger charge is -2.19. The fourth-order valence-electron chi connectivity index (χ4n) is 3.64. The van der Waals surface area contributed by atoms with Crippen molar-refractivity contribution in [3.8, 4) is 23.0 Å². The van der Waals surface area contributed by atoms with Gasteiger partial charge in [0, 0.05) is 18.8 Å². The van der Waals surface area contributed by atoms with Gasteiger partial charge in [-0.05, 0) is 53.1 Å². The Morgan fingerprint density at radius 3 is 2.06 bits per heavy atom. The number of nitrogens with one attached hydrogen (secondary N) is 2. The summed E-state index contributed by atoms with van der Waals surface area (Å²) in [6, 6.07) is 19.5. The largest absolute Gasteiger partial charge is 0.486 e. The predicted molar refractivity (Wildman–Crippen MR) is 119 cm³/mol. The summed E-state index contributed by atoms with van der Waals surface area (Å²) in [5.41, 5.74) is 4.03. The van der Waals surface area contributed by atoms with Crippen LogP contribution < -0.4 is 29.6 Å². The highest BCUT2D eigenvalue weighted by molar-refractivity contribution is 5.78. The van der Waals surface area contributed by atoms with Gasteiger partial charge in [-0.3, -0.25) is 4.79 Å². The number of carbonyl (C=O) groups excluding carboxylic acids is 1. The maximum Gasteiger partial charge on any atom is 0.231 e. The number of rotatable bonds is 7. The van der Waals surface area contributed by atoms with E-state index in [1.165, 1.54) is 0 Å². The first-order chi connectivity index (χ1) is 15.7. The second-order valence-electron chi connectivity index (χ2n) is 7.67. The Hall–Kier alpha value is -3.87. The monoisotopic (exact) mass is 432 g/mol. The van der Waals surface area contributed by atoms with Crippen molar-refractivity contribution in [1.82, 2.24) is 5.32 Å². The van der Waals surface area contributed by atoms with Crippen LogP contribution in [0.3, 0.4) is 0 Å². The van der Waals surface area contributed by atoms with Crippen LogP contribution in [0.5, 0.6) is 23.0 Å². The number of carbonyl (C=O) groups is 1. The highest BCUT2D eigenvalue weighted by atomic mass is 16.7. The Morgan fingerprint density at radius 2 is 1.28 bits per heavy atom. The molecule has 2 heterocycles. The third kappa shape index (κ3) is 4.72. The fourth-order valence-corrected chi connectivity index (χ4v) is 3.64. The van der Waals surface area contributed by atoms with Crippen molar-refractivity contribution in [3.63, 3.8) is 0 Å². The van der Waals surface area contributed by atoms with Gasteiger partial charge in [0.25, 0.3) is 0 Å². The lowest BCUT2D eigenvalue weighted by molar-refractivity contribution is -0.120. The van der Waals surface area contributed by atoms with E-state index in [-0.39, 0.29) is 12.7 Å². The van der Waals surface area contributed by atoms with Crippen LogP contribution in [0.4, 0.5) is 5.69 Å². The van der Waals surface area contributed by atoms with E-state index >= 15 is 0 Å². The second kappa shape index (κ2) is 9.09. The Labute approximate surface area is 186 Å². The van der Waals surface area contributed by atoms with Crippen LogP contribution in [0.25, 0.3) is 0 Å². The molecule has 0 radical (unpaired) electrons. The highest BCUT2D eigenvalue weighted by Crippen LogP contribution is 2.32. The van der Waals surface area contributed by atoms with E-state index in [1.54, 1.807) is 0 Å². The molecule has 0 saturated heterocycles. The van der Waals surface area contributed by atoms with Gasteiger partial charge in [-0.25, -0.2) is 0 Å². The Bertz CT molecular complexity index is 1110. The maximum absolute atomic E-state index is 12.3. The van der Waals surface area contributed by atoms with E-state index in [4.69, 9.17) is 18.9 Å². The Kier molecular flexibility index (Phi) is 5.70. The number of ether oxygens (including phenoxy) is 4. The van der Waals surface area contributed by atoms with E-state index in [9.17, 15) is 4.79 Å². The molecule has 0 fully saturated rings. The molecule has 2 aliphatic rings. The van der Waals surface area contributed by atoms with Crippen LogP contribution in [0, 0.1) is 0 Å². The summed E-state index contributed by atoms with van der Waals surface area (Å²) in [4.78, 5) is 12.3. The van der Waals surface area contributed by atoms with Crippen molar-refractivity contribution >= 4 is 11.6 Å². The number of fused-ring (bicyclic) bond motifs is 2. The predicted octanol–water partition coefficient (Wildman–Crippen LogP) is 3.66. The first-order valence-corrected chi connectivity index (χ1v) is 10.6. The highest BCUT2D eigenvalue weighted by Gasteiger charge is 2.14. The molecule has 3 aromatic carbocycles. The van der Waals surface area contributed by atoms with E-state index in [0.29, 0.717) is 32.7 Å². The molecule has 0 aliphatic carbocycles. The van der Waals surface area contributed by atoms with Gasteiger partial charge in [0.2, 0.25) is 12.7 Å². The standard InChI is InChI=1S/C25H24N2O5/c28-25(27-15-19-4-8-22-24(12-19)32-16-31-22)13-17-1-5-20(6-2-17)26-14-18-3-7-21-23(11-18)30-10-9-29-21/h1-8,11-12,26H,9-10,13-16H2,(H,27,28). The lowest BCUT2D eigenvalue weighted by Crippen LogP contribution is -2.24. The minimum absolute atomic E-state index is 0.0281. The van der Waals surface area contributed by atoms with Gasteiger partial charge in [-0.15, -0.1) is 0 Å². The van der Waals surface area contributed by atoms with Gasteiger partial charge in [0.1, 0.15) is 13.2 Å². The molecule has 2 N–H and O–H groups in total. The zero-order chi connectivity index (χ0) is 21.8. The molecule has 7 heteroatoms. The average molecular weight is 432 g/mol. The van der Waals surface area contributed by atoms with Gasteiger partial charge in [-0.2, -0.15) is 0 Å². The number of benzene rings is 3. The van der Waals surface area contributed by atoms with Gasteiger partial charge in [0.05, 0.1) is 6.42 Å². The molecule has 0 spiro atoms. The summed E-state index contributed by atoms with van der Waals surface area (Å²) in [5, 5.41) is 6.35. The molecule has 2 aliphatic heterocycles. The first kappa shape index (κ1) is 20.1. The lowest BCUT2D eigenvalue weighted by atomic mass is 10.1. The molecule has 164 valence electrons. The number of amides is 1. The molecular weight excluding hydrogens is 408 g/mol. The van der Waals surface area contributed by atoms with Crippen LogP contribution in [0.15, 0.2) is 60.7 Å². The Balaban J connectivity index is 1.10. The van der Waals surface area contributed by atoms with Gasteiger partial charge < -0.3 is 29.6 Å². The van der Waals surface area contributed by atoms with Crippen molar-refractivity contribution < 1.29 is 23.7 Å². The van der Waals surface area contributed by atoms with Crippen LogP contribution in [0.2, 0.25) is 0 Å². The van der Waals surface area contributed by atoms with Gasteiger partial charge in [-0.1, -0.05) is 24.3 Å². The molecule has 3 aromatic rings. The Morgan fingerprint density at radius 1 is 0.688 bits per heavy atom. The fraction of sp³-hybridized carbons (Fsp3) is 0.240. The summed E-state index contributed by atoms with van der Waals surface area (Å²) in [5.74, 6) is 3.01. The van der Waals surface area contributed by atoms with E-state index in [2.05, 4.69) is 10.6 Å². The van der Waals surface area contributed by atoms with Crippen LogP contribution in [-0.2, 0) is 24.3 Å². The minimum Gasteiger partial charge on any atom is -0.486 e. The molecular formula is C25H24N2O5. The van der Waals surface area contributed by atoms with E-state index in [1.807, 2.05) is 60.7 Å². The van der Waals surface area contributed by atoms with Crippen molar-refractivity contribution in [2.45, 2.75) is 19.5 Å². The summed E-state index contributed by atoms with van der Waals surface area (Å²) < 4.78 is 21.9. The number of hydrogen-bond donors (Lipinski definition) is 2. The molecule has 5 rings (SSSR count). The molecule has 7 nitrogen and oxygen atoms in total. The van der Waals surface area contributed by atoms with Gasteiger partial charge >= 0.3 is 0 Å². The third-order valence-electron chi connectivity index (χ3n) is 5.35. The molecule has 0 unspecified atom stereocenters. The molecule has 32 heavy (non-hydrogen) atoms. The SMILES string of the molecule is O=C(Cc1ccc(NCc2ccc3c(c2)OCCO3)cc1)NCc1ccc2c(c1)OCO2. The summed E-state index contributed by atoms with van der Waals surface area (Å²) >= 11 is 0. The van der Waals surface area contributed by atoms with Crippen molar-refractivity contribution in [3.05, 3.63) is 77.4 Å². The van der Waals surface area contributed by atoms with Crippen molar-refractivity contribution in [1.29, 1.82) is 0 Å². The topological polar surface area (TPSA) is 78.1 Å². The van der Waals surface area contributed by atoms with Crippen molar-refractivity contribution in [2.75, 3.05) is 25.3 Å². The maximum atomic E-state index is 12.3. The second-order valence-corrected chi connectivity index (χ2v) is 7.67. The zero-order valence-electron chi connectivity index (χ0n) is 17.6. The number of hydrogen-bond acceptors (Lipinski definition) is 6. The number of anilines is 1. The van der Waals surface area contributed by atoms with Crippen LogP contribution in [0.1, 0.15) is 16.7 Å². The zero-order valence-corrected chi connectivity index (χ0v) is 17.6. The molecule has 0 bridgehead atoms. The summed E-state index contributed by atoms with van der Waals surface area (Å²) in [7, 11) is 0. The smallest absolute Gasteiger partial charge is 0.231 e. The van der Waals surface area contributed by atoms with Crippen molar-refractivity contribution in [2.24, 2.45) is 0 Å². The third-order valence-corrected chi connectivity index (χ3v) is 5.35. The molecule has 0 aromatic heterocycles. The summed E-state index contributed by atoms with van der Waals surface area (Å²) in [6.07, 6.45) is 0.326.